The van der Waals surface area contributed by atoms with Gasteiger partial charge < -0.3 is 4.74 Å². The van der Waals surface area contributed by atoms with Crippen LogP contribution >= 0.6 is 15.9 Å². The van der Waals surface area contributed by atoms with E-state index < -0.39 is 0 Å². The first-order valence-electron chi connectivity index (χ1n) is 3.07. The fourth-order valence-corrected chi connectivity index (χ4v) is 0.985. The van der Waals surface area contributed by atoms with Gasteiger partial charge in [0.15, 0.2) is 0 Å². The van der Waals surface area contributed by atoms with Crippen LogP contribution in [0.25, 0.3) is 0 Å². The van der Waals surface area contributed by atoms with Gasteiger partial charge in [-0.2, -0.15) is 0 Å². The Morgan fingerprint density at radius 2 is 2.50 bits per heavy atom. The molecule has 0 atom stereocenters. The highest BCUT2D eigenvalue weighted by Crippen LogP contribution is 2.14. The molecule has 0 saturated carbocycles. The third-order valence-electron chi connectivity index (χ3n) is 1.01. The van der Waals surface area contributed by atoms with Gasteiger partial charge in [0, 0.05) is 12.3 Å². The van der Waals surface area contributed by atoms with Gasteiger partial charge in [-0.25, -0.2) is 4.98 Å². The van der Waals surface area contributed by atoms with Crippen molar-refractivity contribution in [3.8, 4) is 5.75 Å². The Morgan fingerprint density at radius 3 is 3.10 bits per heavy atom. The van der Waals surface area contributed by atoms with Crippen LogP contribution < -0.4 is 4.74 Å². The number of hydrogen-bond acceptors (Lipinski definition) is 2. The largest absolute Gasteiger partial charge is 0.494 e. The summed E-state index contributed by atoms with van der Waals surface area (Å²) in [5, 5.41) is 0. The molecule has 2 nitrogen and oxygen atoms in total. The van der Waals surface area contributed by atoms with Crippen molar-refractivity contribution >= 4 is 15.9 Å². The predicted octanol–water partition coefficient (Wildman–Crippen LogP) is 2.24. The van der Waals surface area contributed by atoms with E-state index in [9.17, 15) is 0 Å². The van der Waals surface area contributed by atoms with E-state index in [0.717, 1.165) is 10.4 Å². The lowest BCUT2D eigenvalue weighted by Crippen LogP contribution is -1.90. The highest BCUT2D eigenvalue weighted by atomic mass is 79.9. The van der Waals surface area contributed by atoms with Crippen LogP contribution in [0, 0.1) is 0 Å². The summed E-state index contributed by atoms with van der Waals surface area (Å²) in [6.45, 7) is 2.64. The first kappa shape index (κ1) is 7.54. The molecule has 10 heavy (non-hydrogen) atoms. The van der Waals surface area contributed by atoms with Crippen molar-refractivity contribution in [3.63, 3.8) is 0 Å². The summed E-state index contributed by atoms with van der Waals surface area (Å²) in [5.41, 5.74) is 0. The Hall–Kier alpha value is -0.570. The van der Waals surface area contributed by atoms with Gasteiger partial charge in [-0.05, 0) is 28.9 Å². The molecule has 0 aromatic carbocycles. The molecule has 0 saturated heterocycles. The van der Waals surface area contributed by atoms with Crippen molar-refractivity contribution in [2.45, 2.75) is 6.92 Å². The van der Waals surface area contributed by atoms with Gasteiger partial charge in [0.1, 0.15) is 10.4 Å². The zero-order chi connectivity index (χ0) is 7.40. The summed E-state index contributed by atoms with van der Waals surface area (Å²) >= 11 is 3.24. The summed E-state index contributed by atoms with van der Waals surface area (Å²) < 4.78 is 6.02. The minimum absolute atomic E-state index is 0.691. The number of hydrogen-bond donors (Lipinski definition) is 0. The van der Waals surface area contributed by atoms with Gasteiger partial charge in [-0.1, -0.05) is 0 Å². The summed E-state index contributed by atoms with van der Waals surface area (Å²) in [5.74, 6) is 0.851. The molecule has 1 aromatic heterocycles. The minimum atomic E-state index is 0.691. The Kier molecular flexibility index (Phi) is 2.68. The van der Waals surface area contributed by atoms with E-state index in [0.29, 0.717) is 6.61 Å². The van der Waals surface area contributed by atoms with Crippen molar-refractivity contribution in [1.82, 2.24) is 4.98 Å². The van der Waals surface area contributed by atoms with Gasteiger partial charge in [0.05, 0.1) is 6.61 Å². The molecule has 0 spiro atoms. The molecule has 54 valence electrons. The Bertz CT molecular complexity index is 215. The Balaban J connectivity index is 2.75. The maximum absolute atomic E-state index is 5.22. The van der Waals surface area contributed by atoms with Gasteiger partial charge in [-0.15, -0.1) is 0 Å². The van der Waals surface area contributed by atoms with Crippen LogP contribution in [0.3, 0.4) is 0 Å². The third kappa shape index (κ3) is 1.99. The maximum atomic E-state index is 5.22. The van der Waals surface area contributed by atoms with Crippen molar-refractivity contribution in [2.75, 3.05) is 6.61 Å². The summed E-state index contributed by atoms with van der Waals surface area (Å²) in [4.78, 5) is 3.96. The first-order chi connectivity index (χ1) is 4.83. The van der Waals surface area contributed by atoms with Crippen molar-refractivity contribution < 1.29 is 4.74 Å². The summed E-state index contributed by atoms with van der Waals surface area (Å²) in [6, 6.07) is 3.66. The van der Waals surface area contributed by atoms with E-state index in [4.69, 9.17) is 4.74 Å². The zero-order valence-corrected chi connectivity index (χ0v) is 7.26. The quantitative estimate of drug-likeness (QED) is 0.686. The molecule has 0 aliphatic heterocycles. The van der Waals surface area contributed by atoms with Crippen LogP contribution in [0.1, 0.15) is 6.92 Å². The van der Waals surface area contributed by atoms with Crippen molar-refractivity contribution in [3.05, 3.63) is 22.9 Å². The van der Waals surface area contributed by atoms with Gasteiger partial charge in [0.25, 0.3) is 0 Å². The van der Waals surface area contributed by atoms with Crippen LogP contribution in [-0.2, 0) is 0 Å². The fraction of sp³-hybridized carbons (Fsp3) is 0.286. The van der Waals surface area contributed by atoms with E-state index >= 15 is 0 Å². The van der Waals surface area contributed by atoms with Crippen LogP contribution in [-0.4, -0.2) is 11.6 Å². The lowest BCUT2D eigenvalue weighted by molar-refractivity contribution is 0.339. The molecule has 1 aromatic rings. The highest BCUT2D eigenvalue weighted by molar-refractivity contribution is 9.10. The van der Waals surface area contributed by atoms with Gasteiger partial charge in [-0.3, -0.25) is 0 Å². The first-order valence-corrected chi connectivity index (χ1v) is 3.86. The number of halogens is 1. The molecule has 0 aliphatic rings. The van der Waals surface area contributed by atoms with Crippen LogP contribution in [0.2, 0.25) is 0 Å². The molecule has 1 heterocycles. The number of ether oxygens (including phenoxy) is 1. The second-order valence-electron chi connectivity index (χ2n) is 1.75. The number of aromatic nitrogens is 1. The van der Waals surface area contributed by atoms with Crippen LogP contribution in [0.15, 0.2) is 22.9 Å². The van der Waals surface area contributed by atoms with E-state index in [1.165, 1.54) is 0 Å². The fourth-order valence-electron chi connectivity index (χ4n) is 0.641. The number of pyridine rings is 1. The van der Waals surface area contributed by atoms with E-state index in [-0.39, 0.29) is 0 Å². The molecule has 0 aliphatic carbocycles. The molecule has 3 heteroatoms. The van der Waals surface area contributed by atoms with Crippen molar-refractivity contribution in [1.29, 1.82) is 0 Å². The number of nitrogens with zero attached hydrogens (tertiary/aromatic N) is 1. The Morgan fingerprint density at radius 1 is 1.70 bits per heavy atom. The maximum Gasteiger partial charge on any atom is 0.123 e. The second-order valence-corrected chi connectivity index (χ2v) is 2.56. The molecule has 0 fully saturated rings. The second kappa shape index (κ2) is 3.56. The van der Waals surface area contributed by atoms with E-state index in [2.05, 4.69) is 20.9 Å². The normalized spacial score (nSPS) is 9.40. The predicted molar refractivity (Wildman–Crippen MR) is 43.1 cm³/mol. The molecule has 0 unspecified atom stereocenters. The van der Waals surface area contributed by atoms with Crippen molar-refractivity contribution in [2.24, 2.45) is 0 Å². The Labute approximate surface area is 68.4 Å². The molecule has 0 N–H and O–H groups in total. The lowest BCUT2D eigenvalue weighted by Gasteiger charge is -2.00. The minimum Gasteiger partial charge on any atom is -0.494 e. The SMILES string of the molecule is CCOc1ccnc(Br)c1. The number of rotatable bonds is 2. The lowest BCUT2D eigenvalue weighted by atomic mass is 10.5. The zero-order valence-electron chi connectivity index (χ0n) is 5.67. The average molecular weight is 202 g/mol. The third-order valence-corrected chi connectivity index (χ3v) is 1.44. The van der Waals surface area contributed by atoms with Gasteiger partial charge >= 0.3 is 0 Å². The monoisotopic (exact) mass is 201 g/mol. The molecule has 0 radical (unpaired) electrons. The van der Waals surface area contributed by atoms with E-state index in [1.807, 2.05) is 19.1 Å². The average Bonchev–Trinajstić information content (AvgIpc) is 1.88. The highest BCUT2D eigenvalue weighted by Gasteiger charge is 1.91. The van der Waals surface area contributed by atoms with Crippen LogP contribution in [0.4, 0.5) is 0 Å². The summed E-state index contributed by atoms with van der Waals surface area (Å²) in [7, 11) is 0. The van der Waals surface area contributed by atoms with E-state index in [1.54, 1.807) is 6.20 Å². The molecular formula is C7H8BrNO. The summed E-state index contributed by atoms with van der Waals surface area (Å²) in [6.07, 6.45) is 1.70. The smallest absolute Gasteiger partial charge is 0.123 e. The standard InChI is InChI=1S/C7H8BrNO/c1-2-10-6-3-4-9-7(8)5-6/h3-5H,2H2,1H3. The molecule has 0 amide bonds. The molecular weight excluding hydrogens is 194 g/mol. The molecule has 1 rings (SSSR count). The van der Waals surface area contributed by atoms with Gasteiger partial charge in [0.2, 0.25) is 0 Å². The van der Waals surface area contributed by atoms with Crippen LogP contribution in [0.5, 0.6) is 5.75 Å². The molecule has 0 bridgehead atoms. The topological polar surface area (TPSA) is 22.1 Å².